The van der Waals surface area contributed by atoms with Crippen LogP contribution < -0.4 is 10.3 Å². The van der Waals surface area contributed by atoms with E-state index in [1.807, 2.05) is 30.1 Å². The van der Waals surface area contributed by atoms with Crippen LogP contribution in [0.25, 0.3) is 0 Å². The van der Waals surface area contributed by atoms with E-state index in [1.165, 1.54) is 11.8 Å². The molecule has 1 aliphatic carbocycles. The third-order valence-corrected chi connectivity index (χ3v) is 7.37. The Kier molecular flexibility index (Phi) is 6.37. The lowest BCUT2D eigenvalue weighted by Crippen LogP contribution is -2.49. The summed E-state index contributed by atoms with van der Waals surface area (Å²) in [7, 11) is -1.45. The van der Waals surface area contributed by atoms with Gasteiger partial charge in [-0.1, -0.05) is 6.07 Å². The first-order valence-corrected chi connectivity index (χ1v) is 12.9. The maximum Gasteiger partial charge on any atom is 0.254 e. The first-order valence-electron chi connectivity index (χ1n) is 11.0. The second kappa shape index (κ2) is 8.88. The molecule has 0 spiro atoms. The van der Waals surface area contributed by atoms with E-state index in [9.17, 15) is 13.2 Å². The van der Waals surface area contributed by atoms with Gasteiger partial charge in [0.05, 0.1) is 31.2 Å². The summed E-state index contributed by atoms with van der Waals surface area (Å²) in [5.74, 6) is 0.508. The van der Waals surface area contributed by atoms with E-state index in [1.54, 1.807) is 11.5 Å². The molecule has 170 valence electrons. The third-order valence-electron chi connectivity index (χ3n) is 6.64. The smallest absolute Gasteiger partial charge is 0.254 e. The molecule has 1 N–H and O–H groups in total. The van der Waals surface area contributed by atoms with Crippen molar-refractivity contribution >= 4 is 10.0 Å². The molecule has 1 aliphatic heterocycles. The predicted molar refractivity (Wildman–Crippen MR) is 119 cm³/mol. The molecule has 2 aliphatic rings. The maximum atomic E-state index is 12.9. The Hall–Kier alpha value is -1.97. The quantitative estimate of drug-likeness (QED) is 0.730. The summed E-state index contributed by atoms with van der Waals surface area (Å²) in [5, 5.41) is 4.28. The number of nitrogens with one attached hydrogen (secondary N) is 1. The molecule has 0 radical (unpaired) electrons. The van der Waals surface area contributed by atoms with E-state index in [0.717, 1.165) is 31.4 Å². The van der Waals surface area contributed by atoms with E-state index >= 15 is 0 Å². The van der Waals surface area contributed by atoms with Gasteiger partial charge in [0, 0.05) is 30.5 Å². The Bertz CT molecular complexity index is 1080. The van der Waals surface area contributed by atoms with Gasteiger partial charge in [0.1, 0.15) is 0 Å². The zero-order valence-electron chi connectivity index (χ0n) is 18.5. The number of rotatable bonds is 6. The lowest BCUT2D eigenvalue weighted by Gasteiger charge is -2.37. The summed E-state index contributed by atoms with van der Waals surface area (Å²) in [6.45, 7) is 2.12. The highest BCUT2D eigenvalue weighted by atomic mass is 32.2. The molecule has 0 amide bonds. The minimum atomic E-state index is -3.39. The van der Waals surface area contributed by atoms with Crippen molar-refractivity contribution in [1.29, 1.82) is 0 Å². The minimum Gasteiger partial charge on any atom is -0.376 e. The largest absolute Gasteiger partial charge is 0.376 e. The Morgan fingerprint density at radius 3 is 2.58 bits per heavy atom. The molecule has 4 rings (SSSR count). The summed E-state index contributed by atoms with van der Waals surface area (Å²) in [6, 6.07) is 3.12. The number of aryl methyl sites for hydroxylation is 3. The van der Waals surface area contributed by atoms with Gasteiger partial charge in [-0.2, -0.15) is 5.10 Å². The van der Waals surface area contributed by atoms with Crippen molar-refractivity contribution < 1.29 is 13.2 Å². The molecular weight excluding hydrogens is 416 g/mol. The number of ether oxygens (including phenoxy) is 1. The topological polar surface area (TPSA) is 95.2 Å². The van der Waals surface area contributed by atoms with E-state index in [0.29, 0.717) is 30.9 Å². The number of fused-ring (bicyclic) bond motifs is 1. The summed E-state index contributed by atoms with van der Waals surface area (Å²) in [4.78, 5) is 12.9. The zero-order chi connectivity index (χ0) is 22.2. The Balaban J connectivity index is 1.46. The van der Waals surface area contributed by atoms with Crippen LogP contribution in [0.4, 0.5) is 0 Å². The van der Waals surface area contributed by atoms with E-state index in [4.69, 9.17) is 4.74 Å². The van der Waals surface area contributed by atoms with Crippen LogP contribution in [0, 0.1) is 6.92 Å². The molecule has 2 unspecified atom stereocenters. The molecule has 0 saturated heterocycles. The first kappa shape index (κ1) is 22.2. The molecule has 8 nitrogen and oxygen atoms in total. The van der Waals surface area contributed by atoms with Crippen molar-refractivity contribution in [3.05, 3.63) is 51.7 Å². The van der Waals surface area contributed by atoms with Gasteiger partial charge in [-0.15, -0.1) is 0 Å². The highest BCUT2D eigenvalue weighted by Gasteiger charge is 2.34. The van der Waals surface area contributed by atoms with E-state index < -0.39 is 10.0 Å². The molecule has 31 heavy (non-hydrogen) atoms. The number of hydrogen-bond acceptors (Lipinski definition) is 5. The van der Waals surface area contributed by atoms with Crippen LogP contribution in [0.2, 0.25) is 0 Å². The first-order chi connectivity index (χ1) is 14.7. The van der Waals surface area contributed by atoms with Crippen LogP contribution in [0.1, 0.15) is 60.9 Å². The lowest BCUT2D eigenvalue weighted by atomic mass is 9.84. The SMILES string of the molecule is Cc1ccc2n(c1=O)C(COC1CCC(c3cnn(C)c3)CC1)C(NS(C)(=O)=O)CC2. The second-order valence-electron chi connectivity index (χ2n) is 9.04. The predicted octanol–water partition coefficient (Wildman–Crippen LogP) is 2.04. The normalized spacial score (nSPS) is 26.5. The molecule has 0 aromatic carbocycles. The molecule has 0 bridgehead atoms. The van der Waals surface area contributed by atoms with Gasteiger partial charge in [0.25, 0.3) is 5.56 Å². The van der Waals surface area contributed by atoms with Crippen LogP contribution in [-0.4, -0.2) is 47.8 Å². The zero-order valence-corrected chi connectivity index (χ0v) is 19.3. The van der Waals surface area contributed by atoms with Crippen molar-refractivity contribution in [2.75, 3.05) is 12.9 Å². The van der Waals surface area contributed by atoms with Crippen molar-refractivity contribution in [2.45, 2.75) is 69.6 Å². The molecule has 2 atom stereocenters. The van der Waals surface area contributed by atoms with Gasteiger partial charge in [-0.3, -0.25) is 9.48 Å². The lowest BCUT2D eigenvalue weighted by molar-refractivity contribution is -0.00168. The highest BCUT2D eigenvalue weighted by molar-refractivity contribution is 7.88. The summed E-state index contributed by atoms with van der Waals surface area (Å²) in [6.07, 6.45) is 10.6. The molecule has 3 heterocycles. The Morgan fingerprint density at radius 1 is 1.19 bits per heavy atom. The van der Waals surface area contributed by atoms with Crippen LogP contribution >= 0.6 is 0 Å². The molecular formula is C22H32N4O4S. The van der Waals surface area contributed by atoms with Gasteiger partial charge in [-0.25, -0.2) is 13.1 Å². The Labute approximate surface area is 183 Å². The van der Waals surface area contributed by atoms with Crippen LogP contribution in [-0.2, 0) is 28.2 Å². The van der Waals surface area contributed by atoms with Crippen LogP contribution in [0.3, 0.4) is 0 Å². The fourth-order valence-corrected chi connectivity index (χ4v) is 5.81. The van der Waals surface area contributed by atoms with Crippen molar-refractivity contribution in [1.82, 2.24) is 19.1 Å². The Morgan fingerprint density at radius 2 is 1.94 bits per heavy atom. The number of sulfonamides is 1. The monoisotopic (exact) mass is 448 g/mol. The molecule has 9 heteroatoms. The third kappa shape index (κ3) is 5.10. The second-order valence-corrected chi connectivity index (χ2v) is 10.8. The van der Waals surface area contributed by atoms with Crippen molar-refractivity contribution in [3.8, 4) is 0 Å². The summed E-state index contributed by atoms with van der Waals surface area (Å²) in [5.41, 5.74) is 2.81. The van der Waals surface area contributed by atoms with Crippen LogP contribution in [0.5, 0.6) is 0 Å². The average Bonchev–Trinajstić information content (AvgIpc) is 3.15. The number of aromatic nitrogens is 3. The molecule has 2 aromatic rings. The average molecular weight is 449 g/mol. The van der Waals surface area contributed by atoms with E-state index in [2.05, 4.69) is 16.0 Å². The molecule has 1 fully saturated rings. The van der Waals surface area contributed by atoms with Gasteiger partial charge in [0.15, 0.2) is 0 Å². The van der Waals surface area contributed by atoms with Crippen LogP contribution in [0.15, 0.2) is 29.3 Å². The van der Waals surface area contributed by atoms with E-state index in [-0.39, 0.29) is 23.7 Å². The number of hydrogen-bond donors (Lipinski definition) is 1. The standard InChI is InChI=1S/C22H32N4O4S/c1-15-4-7-18-8-11-20(24-31(3,28)29)21(26(18)22(15)27)14-30-19-9-5-16(6-10-19)17-12-23-25(2)13-17/h4,7,12-13,16,19-21,24H,5-6,8-11,14H2,1-3H3. The maximum absolute atomic E-state index is 12.9. The number of pyridine rings is 1. The summed E-state index contributed by atoms with van der Waals surface area (Å²) >= 11 is 0. The molecule has 2 aromatic heterocycles. The fraction of sp³-hybridized carbons (Fsp3) is 0.636. The number of nitrogens with zero attached hydrogens (tertiary/aromatic N) is 3. The van der Waals surface area contributed by atoms with Gasteiger partial charge in [0.2, 0.25) is 10.0 Å². The fourth-order valence-electron chi connectivity index (χ4n) is 4.99. The minimum absolute atomic E-state index is 0.0635. The van der Waals surface area contributed by atoms with Crippen molar-refractivity contribution in [3.63, 3.8) is 0 Å². The summed E-state index contributed by atoms with van der Waals surface area (Å²) < 4.78 is 36.5. The molecule has 1 saturated carbocycles. The van der Waals surface area contributed by atoms with Gasteiger partial charge < -0.3 is 9.30 Å². The highest BCUT2D eigenvalue weighted by Crippen LogP contribution is 2.34. The van der Waals surface area contributed by atoms with Crippen molar-refractivity contribution in [2.24, 2.45) is 7.05 Å². The van der Waals surface area contributed by atoms with Gasteiger partial charge >= 0.3 is 0 Å². The van der Waals surface area contributed by atoms with Gasteiger partial charge in [-0.05, 0) is 63.0 Å².